The van der Waals surface area contributed by atoms with Crippen LogP contribution >= 0.6 is 11.3 Å². The van der Waals surface area contributed by atoms with Gasteiger partial charge in [-0.1, -0.05) is 98.9 Å². The molecular formula is C26H32N2OS. The third-order valence-corrected chi connectivity index (χ3v) is 6.14. The highest BCUT2D eigenvalue weighted by Gasteiger charge is 2.07. The fraction of sp³-hybridized carbons (Fsp3) is 0.385. The highest BCUT2D eigenvalue weighted by atomic mass is 32.1. The molecule has 158 valence electrons. The summed E-state index contributed by atoms with van der Waals surface area (Å²) in [6.07, 6.45) is 12.9. The molecule has 0 unspecified atom stereocenters. The van der Waals surface area contributed by atoms with Gasteiger partial charge in [0.25, 0.3) is 0 Å². The Morgan fingerprint density at radius 3 is 2.13 bits per heavy atom. The van der Waals surface area contributed by atoms with E-state index in [0.29, 0.717) is 6.61 Å². The third kappa shape index (κ3) is 6.81. The number of benzene rings is 2. The first kappa shape index (κ1) is 22.2. The van der Waals surface area contributed by atoms with Gasteiger partial charge in [0.15, 0.2) is 0 Å². The largest absolute Gasteiger partial charge is 0.490 e. The van der Waals surface area contributed by atoms with Gasteiger partial charge in [-0.2, -0.15) is 0 Å². The van der Waals surface area contributed by atoms with Gasteiger partial charge in [0.1, 0.15) is 22.4 Å². The van der Waals surface area contributed by atoms with Crippen molar-refractivity contribution < 1.29 is 4.74 Å². The topological polar surface area (TPSA) is 35.0 Å². The second-order valence-corrected chi connectivity index (χ2v) is 8.56. The number of unbranched alkanes of at least 4 members (excludes halogenated alkanes) is 5. The minimum atomic E-state index is 0.604. The van der Waals surface area contributed by atoms with Crippen LogP contribution < -0.4 is 4.74 Å². The molecule has 0 spiro atoms. The maximum absolute atomic E-state index is 5.67. The maximum Gasteiger partial charge on any atom is 0.147 e. The lowest BCUT2D eigenvalue weighted by Gasteiger charge is -2.06. The van der Waals surface area contributed by atoms with Gasteiger partial charge in [-0.3, -0.25) is 0 Å². The number of hydrogen-bond acceptors (Lipinski definition) is 4. The van der Waals surface area contributed by atoms with Crippen molar-refractivity contribution in [3.63, 3.8) is 0 Å². The summed E-state index contributed by atoms with van der Waals surface area (Å²) in [5.74, 6) is 0.889. The lowest BCUT2D eigenvalue weighted by molar-refractivity contribution is 0.363. The first-order valence-corrected chi connectivity index (χ1v) is 11.9. The average molecular weight is 421 g/mol. The first-order chi connectivity index (χ1) is 14.8. The zero-order valence-corrected chi connectivity index (χ0v) is 19.0. The Morgan fingerprint density at radius 2 is 1.43 bits per heavy atom. The van der Waals surface area contributed by atoms with Crippen LogP contribution in [0.4, 0.5) is 0 Å². The first-order valence-electron chi connectivity index (χ1n) is 11.1. The quantitative estimate of drug-likeness (QED) is 0.222. The number of aryl methyl sites for hydroxylation is 1. The van der Waals surface area contributed by atoms with Gasteiger partial charge < -0.3 is 4.74 Å². The van der Waals surface area contributed by atoms with Gasteiger partial charge in [-0.25, -0.2) is 0 Å². The molecule has 0 aliphatic rings. The Bertz CT molecular complexity index is 898. The average Bonchev–Trinajstić information content (AvgIpc) is 3.26. The van der Waals surface area contributed by atoms with E-state index in [1.165, 1.54) is 49.7 Å². The Labute approximate surface area is 184 Å². The summed E-state index contributed by atoms with van der Waals surface area (Å²) in [5, 5.41) is 11.0. The molecule has 0 saturated heterocycles. The molecule has 0 N–H and O–H groups in total. The van der Waals surface area contributed by atoms with E-state index in [2.05, 4.69) is 53.5 Å². The van der Waals surface area contributed by atoms with Crippen LogP contribution in [0.15, 0.2) is 60.7 Å². The van der Waals surface area contributed by atoms with E-state index in [0.717, 1.165) is 27.7 Å². The Hall–Kier alpha value is -2.46. The van der Waals surface area contributed by atoms with Crippen LogP contribution in [-0.4, -0.2) is 16.8 Å². The molecule has 3 rings (SSSR count). The van der Waals surface area contributed by atoms with Crippen LogP contribution in [0.25, 0.3) is 21.7 Å². The van der Waals surface area contributed by atoms with Crippen molar-refractivity contribution in [3.8, 4) is 27.4 Å². The fourth-order valence-corrected chi connectivity index (χ4v) is 4.20. The smallest absolute Gasteiger partial charge is 0.147 e. The van der Waals surface area contributed by atoms with Gasteiger partial charge in [0.2, 0.25) is 0 Å². The summed E-state index contributed by atoms with van der Waals surface area (Å²) in [4.78, 5) is 0. The van der Waals surface area contributed by atoms with Gasteiger partial charge >= 0.3 is 0 Å². The van der Waals surface area contributed by atoms with Gasteiger partial charge in [0, 0.05) is 12.0 Å². The summed E-state index contributed by atoms with van der Waals surface area (Å²) < 4.78 is 5.67. The van der Waals surface area contributed by atoms with Crippen LogP contribution in [0.3, 0.4) is 0 Å². The van der Waals surface area contributed by atoms with Crippen molar-refractivity contribution >= 4 is 11.3 Å². The van der Waals surface area contributed by atoms with Crippen LogP contribution in [0.2, 0.25) is 0 Å². The van der Waals surface area contributed by atoms with Crippen molar-refractivity contribution in [3.05, 3.63) is 65.7 Å². The molecule has 0 bridgehead atoms. The van der Waals surface area contributed by atoms with Crippen LogP contribution in [0.1, 0.15) is 57.4 Å². The van der Waals surface area contributed by atoms with E-state index in [1.54, 1.807) is 11.3 Å². The van der Waals surface area contributed by atoms with Crippen LogP contribution in [0.5, 0.6) is 5.75 Å². The SMILES string of the molecule is C/C=C/COc1ccc(-c2ccc(-c3nnc(CCCCCCCC)s3)cc2)cc1. The molecular weight excluding hydrogens is 388 g/mol. The number of allylic oxidation sites excluding steroid dienone is 1. The number of rotatable bonds is 12. The van der Waals surface area contributed by atoms with Gasteiger partial charge in [0.05, 0.1) is 0 Å². The summed E-state index contributed by atoms with van der Waals surface area (Å²) in [7, 11) is 0. The zero-order chi connectivity index (χ0) is 21.0. The molecule has 3 nitrogen and oxygen atoms in total. The molecule has 4 heteroatoms. The van der Waals surface area contributed by atoms with Crippen molar-refractivity contribution in [1.82, 2.24) is 10.2 Å². The third-order valence-electron chi connectivity index (χ3n) is 5.11. The predicted octanol–water partition coefficient (Wildman–Crippen LogP) is 7.73. The molecule has 0 amide bonds. The summed E-state index contributed by atoms with van der Waals surface area (Å²) in [6, 6.07) is 16.8. The minimum Gasteiger partial charge on any atom is -0.490 e. The van der Waals surface area contributed by atoms with E-state index in [1.807, 2.05) is 31.2 Å². The van der Waals surface area contributed by atoms with E-state index in [-0.39, 0.29) is 0 Å². The molecule has 0 saturated carbocycles. The van der Waals surface area contributed by atoms with E-state index < -0.39 is 0 Å². The van der Waals surface area contributed by atoms with Gasteiger partial charge in [-0.15, -0.1) is 10.2 Å². The number of nitrogens with zero attached hydrogens (tertiary/aromatic N) is 2. The number of ether oxygens (including phenoxy) is 1. The van der Waals surface area contributed by atoms with E-state index in [9.17, 15) is 0 Å². The monoisotopic (exact) mass is 420 g/mol. The van der Waals surface area contributed by atoms with Crippen molar-refractivity contribution in [2.24, 2.45) is 0 Å². The second-order valence-electron chi connectivity index (χ2n) is 7.50. The Balaban J connectivity index is 1.53. The number of aromatic nitrogens is 2. The summed E-state index contributed by atoms with van der Waals surface area (Å²) >= 11 is 1.72. The summed E-state index contributed by atoms with van der Waals surface area (Å²) in [6.45, 7) is 4.86. The molecule has 2 aromatic carbocycles. The van der Waals surface area contributed by atoms with Crippen molar-refractivity contribution in [2.45, 2.75) is 58.8 Å². The van der Waals surface area contributed by atoms with Crippen molar-refractivity contribution in [2.75, 3.05) is 6.61 Å². The normalized spacial score (nSPS) is 11.3. The Kier molecular flexibility index (Phi) is 9.10. The lowest BCUT2D eigenvalue weighted by atomic mass is 10.0. The molecule has 0 aliphatic heterocycles. The van der Waals surface area contributed by atoms with Crippen molar-refractivity contribution in [1.29, 1.82) is 0 Å². The molecule has 3 aromatic rings. The molecule has 30 heavy (non-hydrogen) atoms. The molecule has 0 atom stereocenters. The van der Waals surface area contributed by atoms with Crippen LogP contribution in [-0.2, 0) is 6.42 Å². The zero-order valence-electron chi connectivity index (χ0n) is 18.1. The minimum absolute atomic E-state index is 0.604. The predicted molar refractivity (Wildman–Crippen MR) is 128 cm³/mol. The molecule has 0 radical (unpaired) electrons. The Morgan fingerprint density at radius 1 is 0.800 bits per heavy atom. The highest BCUT2D eigenvalue weighted by molar-refractivity contribution is 7.14. The number of hydrogen-bond donors (Lipinski definition) is 0. The molecule has 1 aromatic heterocycles. The van der Waals surface area contributed by atoms with Gasteiger partial charge in [-0.05, 0) is 36.6 Å². The summed E-state index contributed by atoms with van der Waals surface area (Å²) in [5.41, 5.74) is 3.51. The van der Waals surface area contributed by atoms with E-state index >= 15 is 0 Å². The van der Waals surface area contributed by atoms with Crippen LogP contribution in [0, 0.1) is 0 Å². The maximum atomic E-state index is 5.67. The highest BCUT2D eigenvalue weighted by Crippen LogP contribution is 2.28. The standard InChI is InChI=1S/C26H32N2OS/c1-3-5-7-8-9-10-11-25-27-28-26(30-25)23-14-12-21(13-15-23)22-16-18-24(19-17-22)29-20-6-4-2/h4,6,12-19H,3,5,7-11,20H2,1-2H3/b6-4+. The lowest BCUT2D eigenvalue weighted by Crippen LogP contribution is -1.92. The molecule has 0 fully saturated rings. The fourth-order valence-electron chi connectivity index (χ4n) is 3.32. The molecule has 1 heterocycles. The second kappa shape index (κ2) is 12.3. The molecule has 0 aliphatic carbocycles. The van der Waals surface area contributed by atoms with E-state index in [4.69, 9.17) is 4.74 Å².